The third kappa shape index (κ3) is 6.93. The van der Waals surface area contributed by atoms with Gasteiger partial charge in [-0.25, -0.2) is 0 Å². The van der Waals surface area contributed by atoms with E-state index in [2.05, 4.69) is 48.2 Å². The van der Waals surface area contributed by atoms with Gasteiger partial charge in [0, 0.05) is 24.2 Å². The molecule has 0 amide bonds. The lowest BCUT2D eigenvalue weighted by molar-refractivity contribution is -0.156. The van der Waals surface area contributed by atoms with Gasteiger partial charge in [0.2, 0.25) is 0 Å². The molecule has 0 heterocycles. The first kappa shape index (κ1) is 24.5. The molecule has 0 fully saturated rings. The number of carbonyl (C=O) groups excluding carboxylic acids is 1. The number of benzene rings is 3. The van der Waals surface area contributed by atoms with Gasteiger partial charge in [-0.05, 0) is 44.9 Å². The fourth-order valence-corrected chi connectivity index (χ4v) is 4.12. The van der Waals surface area contributed by atoms with Crippen LogP contribution in [0.5, 0.6) is 5.75 Å². The second-order valence-electron chi connectivity index (χ2n) is 9.29. The molecule has 3 aromatic carbocycles. The predicted molar refractivity (Wildman–Crippen MR) is 133 cm³/mol. The van der Waals surface area contributed by atoms with Crippen LogP contribution in [-0.4, -0.2) is 23.6 Å². The Balaban J connectivity index is 2.07. The van der Waals surface area contributed by atoms with Crippen molar-refractivity contribution in [3.63, 3.8) is 0 Å². The fraction of sp³-hybridized carbons (Fsp3) is 0.345. The van der Waals surface area contributed by atoms with Gasteiger partial charge in [-0.1, -0.05) is 78.9 Å². The average Bonchev–Trinajstić information content (AvgIpc) is 2.81. The molecule has 0 radical (unpaired) electrons. The standard InChI is InChI=1S/C29H35NO3/c1-22(24-16-10-7-11-17-24)30(21-23-14-8-6-9-15-23)26(20-28(31)33-29(2,3)4)25-18-12-13-19-27(25)32-5/h6-19,22,26H,20-21H2,1-5H3/t22-,26?/m1/s1. The molecule has 4 nitrogen and oxygen atoms in total. The highest BCUT2D eigenvalue weighted by molar-refractivity contribution is 5.71. The molecular weight excluding hydrogens is 410 g/mol. The Morgan fingerprint density at radius 1 is 0.879 bits per heavy atom. The summed E-state index contributed by atoms with van der Waals surface area (Å²) in [4.78, 5) is 15.4. The number of rotatable bonds is 9. The van der Waals surface area contributed by atoms with Crippen molar-refractivity contribution in [3.8, 4) is 5.75 Å². The van der Waals surface area contributed by atoms with Crippen molar-refractivity contribution in [2.75, 3.05) is 7.11 Å². The minimum absolute atomic E-state index is 0.0590. The van der Waals surface area contributed by atoms with Crippen molar-refractivity contribution in [1.82, 2.24) is 4.90 Å². The van der Waals surface area contributed by atoms with Crippen molar-refractivity contribution in [2.24, 2.45) is 0 Å². The molecule has 0 saturated heterocycles. The number of methoxy groups -OCH3 is 1. The third-order valence-corrected chi connectivity index (χ3v) is 5.67. The van der Waals surface area contributed by atoms with E-state index in [0.29, 0.717) is 6.54 Å². The van der Waals surface area contributed by atoms with E-state index in [4.69, 9.17) is 9.47 Å². The molecule has 0 aliphatic heterocycles. The SMILES string of the molecule is COc1ccccc1C(CC(=O)OC(C)(C)C)N(Cc1ccccc1)[C@H](C)c1ccccc1. The summed E-state index contributed by atoms with van der Waals surface area (Å²) in [6.07, 6.45) is 0.224. The number of hydrogen-bond acceptors (Lipinski definition) is 4. The Labute approximate surface area is 198 Å². The van der Waals surface area contributed by atoms with E-state index in [1.807, 2.05) is 69.3 Å². The average molecular weight is 446 g/mol. The lowest BCUT2D eigenvalue weighted by Gasteiger charge is -2.38. The Morgan fingerprint density at radius 3 is 2.06 bits per heavy atom. The molecule has 0 aliphatic carbocycles. The highest BCUT2D eigenvalue weighted by atomic mass is 16.6. The summed E-state index contributed by atoms with van der Waals surface area (Å²) in [5, 5.41) is 0. The zero-order chi connectivity index (χ0) is 23.8. The Morgan fingerprint density at radius 2 is 1.45 bits per heavy atom. The maximum absolute atomic E-state index is 13.1. The first-order chi connectivity index (χ1) is 15.8. The second-order valence-corrected chi connectivity index (χ2v) is 9.29. The molecule has 3 aromatic rings. The van der Waals surface area contributed by atoms with Gasteiger partial charge < -0.3 is 9.47 Å². The van der Waals surface area contributed by atoms with Crippen LogP contribution < -0.4 is 4.74 Å². The molecule has 0 N–H and O–H groups in total. The van der Waals surface area contributed by atoms with Gasteiger partial charge >= 0.3 is 5.97 Å². The molecule has 174 valence electrons. The molecule has 0 aromatic heterocycles. The second kappa shape index (κ2) is 11.2. The van der Waals surface area contributed by atoms with Crippen LogP contribution in [0.3, 0.4) is 0 Å². The van der Waals surface area contributed by atoms with Crippen molar-refractivity contribution in [3.05, 3.63) is 102 Å². The van der Waals surface area contributed by atoms with Gasteiger partial charge in [0.25, 0.3) is 0 Å². The summed E-state index contributed by atoms with van der Waals surface area (Å²) >= 11 is 0. The molecular formula is C29H35NO3. The molecule has 0 aliphatic rings. The van der Waals surface area contributed by atoms with E-state index in [1.54, 1.807) is 7.11 Å². The van der Waals surface area contributed by atoms with Gasteiger partial charge in [-0.2, -0.15) is 0 Å². The minimum atomic E-state index is -0.544. The van der Waals surface area contributed by atoms with Gasteiger partial charge in [-0.15, -0.1) is 0 Å². The van der Waals surface area contributed by atoms with Gasteiger partial charge in [-0.3, -0.25) is 9.69 Å². The first-order valence-electron chi connectivity index (χ1n) is 11.5. The number of esters is 1. The number of ether oxygens (including phenoxy) is 2. The number of nitrogens with zero attached hydrogens (tertiary/aromatic N) is 1. The van der Waals surface area contributed by atoms with Crippen molar-refractivity contribution < 1.29 is 14.3 Å². The molecule has 0 bridgehead atoms. The van der Waals surface area contributed by atoms with E-state index in [9.17, 15) is 4.79 Å². The van der Waals surface area contributed by atoms with Crippen LogP contribution in [-0.2, 0) is 16.1 Å². The molecule has 1 unspecified atom stereocenters. The van der Waals surface area contributed by atoms with Crippen LogP contribution in [0.15, 0.2) is 84.9 Å². The van der Waals surface area contributed by atoms with Gasteiger partial charge in [0.05, 0.1) is 13.5 Å². The van der Waals surface area contributed by atoms with Crippen LogP contribution in [0, 0.1) is 0 Å². The maximum atomic E-state index is 13.1. The fourth-order valence-electron chi connectivity index (χ4n) is 4.12. The quantitative estimate of drug-likeness (QED) is 0.342. The Hall–Kier alpha value is -3.11. The molecule has 0 spiro atoms. The van der Waals surface area contributed by atoms with E-state index < -0.39 is 5.60 Å². The third-order valence-electron chi connectivity index (χ3n) is 5.67. The summed E-state index contributed by atoms with van der Waals surface area (Å²) in [6, 6.07) is 28.5. The van der Waals surface area contributed by atoms with Gasteiger partial charge in [0.15, 0.2) is 0 Å². The van der Waals surface area contributed by atoms with E-state index >= 15 is 0 Å². The summed E-state index contributed by atoms with van der Waals surface area (Å²) in [5.41, 5.74) is 2.81. The predicted octanol–water partition coefficient (Wildman–Crippen LogP) is 6.73. The Bertz CT molecular complexity index is 1010. The highest BCUT2D eigenvalue weighted by Gasteiger charge is 2.32. The summed E-state index contributed by atoms with van der Waals surface area (Å²) in [7, 11) is 1.67. The van der Waals surface area contributed by atoms with Crippen LogP contribution >= 0.6 is 0 Å². The normalized spacial score (nSPS) is 13.4. The molecule has 4 heteroatoms. The number of para-hydroxylation sites is 1. The summed E-state index contributed by atoms with van der Waals surface area (Å²) in [6.45, 7) is 8.57. The van der Waals surface area contributed by atoms with E-state index in [1.165, 1.54) is 11.1 Å². The van der Waals surface area contributed by atoms with Crippen LogP contribution in [0.2, 0.25) is 0 Å². The molecule has 3 rings (SSSR count). The largest absolute Gasteiger partial charge is 0.496 e. The lowest BCUT2D eigenvalue weighted by Crippen LogP contribution is -2.34. The Kier molecular flexibility index (Phi) is 8.29. The van der Waals surface area contributed by atoms with Crippen LogP contribution in [0.1, 0.15) is 62.9 Å². The zero-order valence-corrected chi connectivity index (χ0v) is 20.3. The summed E-state index contributed by atoms with van der Waals surface area (Å²) in [5.74, 6) is 0.543. The monoisotopic (exact) mass is 445 g/mol. The van der Waals surface area contributed by atoms with Crippen LogP contribution in [0.4, 0.5) is 0 Å². The van der Waals surface area contributed by atoms with Gasteiger partial charge in [0.1, 0.15) is 11.4 Å². The first-order valence-corrected chi connectivity index (χ1v) is 11.5. The van der Waals surface area contributed by atoms with E-state index in [0.717, 1.165) is 11.3 Å². The number of carbonyl (C=O) groups is 1. The minimum Gasteiger partial charge on any atom is -0.496 e. The summed E-state index contributed by atoms with van der Waals surface area (Å²) < 4.78 is 11.5. The highest BCUT2D eigenvalue weighted by Crippen LogP contribution is 2.38. The maximum Gasteiger partial charge on any atom is 0.308 e. The van der Waals surface area contributed by atoms with Crippen molar-refractivity contribution in [2.45, 2.75) is 58.3 Å². The number of hydrogen-bond donors (Lipinski definition) is 0. The van der Waals surface area contributed by atoms with Crippen molar-refractivity contribution >= 4 is 5.97 Å². The molecule has 2 atom stereocenters. The topological polar surface area (TPSA) is 38.8 Å². The van der Waals surface area contributed by atoms with Crippen LogP contribution in [0.25, 0.3) is 0 Å². The van der Waals surface area contributed by atoms with Crippen molar-refractivity contribution in [1.29, 1.82) is 0 Å². The molecule has 0 saturated carbocycles. The lowest BCUT2D eigenvalue weighted by atomic mass is 9.95. The zero-order valence-electron chi connectivity index (χ0n) is 20.3. The van der Waals surface area contributed by atoms with E-state index in [-0.39, 0.29) is 24.5 Å². The molecule has 33 heavy (non-hydrogen) atoms. The smallest absolute Gasteiger partial charge is 0.308 e.